The average molecular weight is 395 g/mol. The third-order valence-electron chi connectivity index (χ3n) is 5.06. The van der Waals surface area contributed by atoms with Crippen LogP contribution in [0.4, 0.5) is 4.39 Å². The summed E-state index contributed by atoms with van der Waals surface area (Å²) in [4.78, 5) is 28.1. The lowest BCUT2D eigenvalue weighted by Crippen LogP contribution is -2.56. The van der Waals surface area contributed by atoms with Crippen molar-refractivity contribution in [3.63, 3.8) is 0 Å². The van der Waals surface area contributed by atoms with E-state index in [1.165, 1.54) is 29.3 Å². The molecule has 3 rings (SSSR count). The van der Waals surface area contributed by atoms with Crippen LogP contribution in [0.2, 0.25) is 5.02 Å². The largest absolute Gasteiger partial charge is 0.396 e. The summed E-state index contributed by atoms with van der Waals surface area (Å²) >= 11 is 5.80. The number of benzene rings is 1. The molecule has 27 heavy (non-hydrogen) atoms. The molecule has 2 atom stereocenters. The first-order valence-corrected chi connectivity index (χ1v) is 8.93. The standard InChI is InChI=1S/C19H20ClFN2O4/c20-15-7-13(9-22-17(15)26)18(27)23-6-5-16(25)19(10-23,11-24)8-12-1-3-14(21)4-2-12/h1-4,7,9,16,24-25H,5-6,8,10-11H2,(H,22,26)/t16-,19-/m0/s1. The van der Waals surface area contributed by atoms with Crippen molar-refractivity contribution in [2.45, 2.75) is 18.9 Å². The Morgan fingerprint density at radius 2 is 2.07 bits per heavy atom. The summed E-state index contributed by atoms with van der Waals surface area (Å²) in [5.74, 6) is -0.718. The van der Waals surface area contributed by atoms with Crippen LogP contribution in [0.1, 0.15) is 22.3 Å². The van der Waals surface area contributed by atoms with Gasteiger partial charge < -0.3 is 20.1 Å². The number of aliphatic hydroxyl groups is 2. The van der Waals surface area contributed by atoms with Gasteiger partial charge >= 0.3 is 0 Å². The van der Waals surface area contributed by atoms with Gasteiger partial charge in [0.2, 0.25) is 0 Å². The zero-order chi connectivity index (χ0) is 19.6. The number of rotatable bonds is 4. The van der Waals surface area contributed by atoms with Crippen molar-refractivity contribution in [3.05, 3.63) is 68.8 Å². The zero-order valence-electron chi connectivity index (χ0n) is 14.5. The van der Waals surface area contributed by atoms with Crippen molar-refractivity contribution < 1.29 is 19.4 Å². The molecule has 0 radical (unpaired) electrons. The van der Waals surface area contributed by atoms with E-state index in [0.717, 1.165) is 5.56 Å². The Bertz CT molecular complexity index is 886. The van der Waals surface area contributed by atoms with Crippen LogP contribution in [0, 0.1) is 11.2 Å². The molecule has 0 bridgehead atoms. The number of hydrogen-bond acceptors (Lipinski definition) is 4. The van der Waals surface area contributed by atoms with Crippen LogP contribution < -0.4 is 5.56 Å². The molecular weight excluding hydrogens is 375 g/mol. The number of aromatic amines is 1. The first kappa shape index (κ1) is 19.5. The Labute approximate surface area is 160 Å². The molecule has 144 valence electrons. The maximum Gasteiger partial charge on any atom is 0.266 e. The van der Waals surface area contributed by atoms with Crippen molar-refractivity contribution in [3.8, 4) is 0 Å². The van der Waals surface area contributed by atoms with Gasteiger partial charge in [0.15, 0.2) is 0 Å². The van der Waals surface area contributed by atoms with E-state index in [-0.39, 0.29) is 35.5 Å². The molecule has 1 amide bonds. The zero-order valence-corrected chi connectivity index (χ0v) is 15.2. The lowest BCUT2D eigenvalue weighted by atomic mass is 9.73. The smallest absolute Gasteiger partial charge is 0.266 e. The minimum absolute atomic E-state index is 0.0855. The quantitative estimate of drug-likeness (QED) is 0.734. The Morgan fingerprint density at radius 1 is 1.37 bits per heavy atom. The minimum Gasteiger partial charge on any atom is -0.396 e. The highest BCUT2D eigenvalue weighted by Gasteiger charge is 2.44. The Balaban J connectivity index is 1.84. The van der Waals surface area contributed by atoms with Gasteiger partial charge in [-0.05, 0) is 36.6 Å². The fourth-order valence-corrected chi connectivity index (χ4v) is 3.65. The number of likely N-dealkylation sites (tertiary alicyclic amines) is 1. The first-order chi connectivity index (χ1) is 12.8. The summed E-state index contributed by atoms with van der Waals surface area (Å²) in [5.41, 5.74) is -0.462. The number of nitrogens with zero attached hydrogens (tertiary/aromatic N) is 1. The van der Waals surface area contributed by atoms with E-state index in [0.29, 0.717) is 19.4 Å². The number of aromatic nitrogens is 1. The molecule has 1 fully saturated rings. The molecule has 0 spiro atoms. The molecule has 1 aromatic carbocycles. The molecule has 8 heteroatoms. The molecule has 2 heterocycles. The van der Waals surface area contributed by atoms with Crippen LogP contribution in [0.15, 0.2) is 41.3 Å². The van der Waals surface area contributed by atoms with E-state index in [4.69, 9.17) is 11.6 Å². The molecule has 1 aliphatic rings. The highest BCUT2D eigenvalue weighted by Crippen LogP contribution is 2.34. The van der Waals surface area contributed by atoms with Crippen LogP contribution in [0.3, 0.4) is 0 Å². The second-order valence-electron chi connectivity index (χ2n) is 6.92. The van der Waals surface area contributed by atoms with E-state index >= 15 is 0 Å². The number of nitrogens with one attached hydrogen (secondary N) is 1. The lowest BCUT2D eigenvalue weighted by molar-refractivity contribution is -0.0668. The number of pyridine rings is 1. The van der Waals surface area contributed by atoms with Gasteiger partial charge in [-0.15, -0.1) is 0 Å². The van der Waals surface area contributed by atoms with Crippen molar-refractivity contribution in [1.29, 1.82) is 0 Å². The molecule has 2 aromatic rings. The maximum absolute atomic E-state index is 13.1. The van der Waals surface area contributed by atoms with Crippen LogP contribution in [0.5, 0.6) is 0 Å². The fraction of sp³-hybridized carbons (Fsp3) is 0.368. The average Bonchev–Trinajstić information content (AvgIpc) is 2.67. The van der Waals surface area contributed by atoms with E-state index in [1.54, 1.807) is 12.1 Å². The lowest BCUT2D eigenvalue weighted by Gasteiger charge is -2.45. The molecule has 1 aromatic heterocycles. The predicted octanol–water partition coefficient (Wildman–Crippen LogP) is 1.60. The van der Waals surface area contributed by atoms with Crippen LogP contribution in [-0.4, -0.2) is 51.8 Å². The third-order valence-corrected chi connectivity index (χ3v) is 5.34. The van der Waals surface area contributed by atoms with E-state index in [2.05, 4.69) is 4.98 Å². The summed E-state index contributed by atoms with van der Waals surface area (Å²) < 4.78 is 13.1. The number of carbonyl (C=O) groups excluding carboxylic acids is 1. The number of halogens is 2. The maximum atomic E-state index is 13.1. The number of aliphatic hydroxyl groups excluding tert-OH is 2. The molecule has 1 saturated heterocycles. The summed E-state index contributed by atoms with van der Waals surface area (Å²) in [6, 6.07) is 7.14. The number of carbonyl (C=O) groups is 1. The molecule has 0 aliphatic carbocycles. The number of hydrogen-bond donors (Lipinski definition) is 3. The van der Waals surface area contributed by atoms with Crippen LogP contribution >= 0.6 is 11.6 Å². The van der Waals surface area contributed by atoms with Gasteiger partial charge in [0.05, 0.1) is 18.3 Å². The Hall–Kier alpha value is -2.22. The summed E-state index contributed by atoms with van der Waals surface area (Å²) in [6.07, 6.45) is 1.07. The van der Waals surface area contributed by atoms with Gasteiger partial charge in [0.25, 0.3) is 11.5 Å². The van der Waals surface area contributed by atoms with Gasteiger partial charge in [-0.3, -0.25) is 9.59 Å². The van der Waals surface area contributed by atoms with Crippen LogP contribution in [-0.2, 0) is 6.42 Å². The van der Waals surface area contributed by atoms with E-state index in [9.17, 15) is 24.2 Å². The monoisotopic (exact) mass is 394 g/mol. The number of H-pyrrole nitrogens is 1. The van der Waals surface area contributed by atoms with Crippen molar-refractivity contribution >= 4 is 17.5 Å². The van der Waals surface area contributed by atoms with Crippen molar-refractivity contribution in [2.24, 2.45) is 5.41 Å². The Kier molecular flexibility index (Phi) is 5.64. The molecule has 0 saturated carbocycles. The van der Waals surface area contributed by atoms with Crippen molar-refractivity contribution in [1.82, 2.24) is 9.88 Å². The fourth-order valence-electron chi connectivity index (χ4n) is 3.48. The number of piperidine rings is 1. The van der Waals surface area contributed by atoms with Crippen LogP contribution in [0.25, 0.3) is 0 Å². The highest BCUT2D eigenvalue weighted by atomic mass is 35.5. The number of amides is 1. The third kappa shape index (κ3) is 4.05. The van der Waals surface area contributed by atoms with E-state index in [1.807, 2.05) is 0 Å². The summed E-state index contributed by atoms with van der Waals surface area (Å²) in [5, 5.41) is 20.5. The summed E-state index contributed by atoms with van der Waals surface area (Å²) in [6.45, 7) is 0.0984. The minimum atomic E-state index is -0.961. The van der Waals surface area contributed by atoms with Gasteiger partial charge in [-0.1, -0.05) is 23.7 Å². The molecule has 3 N–H and O–H groups in total. The summed E-state index contributed by atoms with van der Waals surface area (Å²) in [7, 11) is 0. The van der Waals surface area contributed by atoms with Gasteiger partial charge in [0.1, 0.15) is 10.8 Å². The van der Waals surface area contributed by atoms with Crippen molar-refractivity contribution in [2.75, 3.05) is 19.7 Å². The van der Waals surface area contributed by atoms with Gasteiger partial charge in [0, 0.05) is 24.7 Å². The SMILES string of the molecule is O=C(c1c[nH]c(=O)c(Cl)c1)N1CC[C@H](O)[C@@](CO)(Cc2ccc(F)cc2)C1. The van der Waals surface area contributed by atoms with Gasteiger partial charge in [-0.25, -0.2) is 4.39 Å². The molecule has 0 unspecified atom stereocenters. The molecular formula is C19H20ClFN2O4. The first-order valence-electron chi connectivity index (χ1n) is 8.55. The normalized spacial score (nSPS) is 22.7. The molecule has 6 nitrogen and oxygen atoms in total. The highest BCUT2D eigenvalue weighted by molar-refractivity contribution is 6.30. The molecule has 1 aliphatic heterocycles. The second kappa shape index (κ2) is 7.80. The second-order valence-corrected chi connectivity index (χ2v) is 7.33. The van der Waals surface area contributed by atoms with Gasteiger partial charge in [-0.2, -0.15) is 0 Å². The predicted molar refractivity (Wildman–Crippen MR) is 98.2 cm³/mol. The van der Waals surface area contributed by atoms with E-state index < -0.39 is 17.1 Å². The topological polar surface area (TPSA) is 93.6 Å². The Morgan fingerprint density at radius 3 is 2.70 bits per heavy atom.